The summed E-state index contributed by atoms with van der Waals surface area (Å²) in [5.41, 5.74) is 2.34. The fraction of sp³-hybridized carbons (Fsp3) is 0.324. The molecule has 1 saturated heterocycles. The van der Waals surface area contributed by atoms with Crippen LogP contribution in [0.4, 0.5) is 4.39 Å². The van der Waals surface area contributed by atoms with Gasteiger partial charge in [0.15, 0.2) is 18.1 Å². The molecule has 45 heavy (non-hydrogen) atoms. The Morgan fingerprint density at radius 2 is 1.89 bits per heavy atom. The zero-order valence-electron chi connectivity index (χ0n) is 25.0. The van der Waals surface area contributed by atoms with E-state index in [9.17, 15) is 18.8 Å². The summed E-state index contributed by atoms with van der Waals surface area (Å²) in [6.45, 7) is 0.569. The number of hydrogen-bond donors (Lipinski definition) is 2. The van der Waals surface area contributed by atoms with Crippen molar-refractivity contribution in [1.29, 1.82) is 0 Å². The third kappa shape index (κ3) is 7.19. The van der Waals surface area contributed by atoms with Crippen LogP contribution in [-0.4, -0.2) is 66.1 Å². The Labute approximate surface area is 260 Å². The van der Waals surface area contributed by atoms with Crippen molar-refractivity contribution in [3.05, 3.63) is 89.9 Å². The predicted octanol–water partition coefficient (Wildman–Crippen LogP) is 3.60. The molecule has 2 atom stereocenters. The first-order chi connectivity index (χ1) is 21.8. The van der Waals surface area contributed by atoms with Gasteiger partial charge in [-0.15, -0.1) is 0 Å². The molecule has 3 aromatic carbocycles. The van der Waals surface area contributed by atoms with Gasteiger partial charge < -0.3 is 34.3 Å². The van der Waals surface area contributed by atoms with Crippen LogP contribution in [0.3, 0.4) is 0 Å². The number of para-hydroxylation sites is 1. The Kier molecular flexibility index (Phi) is 8.86. The van der Waals surface area contributed by atoms with Crippen LogP contribution in [0.25, 0.3) is 10.9 Å². The fourth-order valence-corrected chi connectivity index (χ4v) is 5.85. The van der Waals surface area contributed by atoms with Gasteiger partial charge in [0, 0.05) is 50.3 Å². The van der Waals surface area contributed by atoms with Crippen LogP contribution < -0.4 is 24.8 Å². The average molecular weight is 615 g/mol. The number of nitrogens with one attached hydrogen (secondary N) is 2. The minimum absolute atomic E-state index is 0.0925. The number of fused-ring (bicyclic) bond motifs is 6. The Bertz CT molecular complexity index is 1720. The van der Waals surface area contributed by atoms with Gasteiger partial charge in [0.25, 0.3) is 5.91 Å². The van der Waals surface area contributed by atoms with Gasteiger partial charge >= 0.3 is 0 Å². The van der Waals surface area contributed by atoms with Crippen molar-refractivity contribution in [1.82, 2.24) is 20.1 Å². The van der Waals surface area contributed by atoms with Crippen LogP contribution in [0.1, 0.15) is 24.0 Å². The highest BCUT2D eigenvalue weighted by molar-refractivity contribution is 5.83. The van der Waals surface area contributed by atoms with Gasteiger partial charge in [-0.3, -0.25) is 14.4 Å². The molecule has 234 valence electrons. The van der Waals surface area contributed by atoms with Gasteiger partial charge in [-0.2, -0.15) is 0 Å². The van der Waals surface area contributed by atoms with Crippen LogP contribution in [0.2, 0.25) is 0 Å². The van der Waals surface area contributed by atoms with Crippen LogP contribution in [-0.2, 0) is 33.9 Å². The number of hydrogen-bond acceptors (Lipinski definition) is 6. The highest BCUT2D eigenvalue weighted by atomic mass is 19.1. The van der Waals surface area contributed by atoms with Gasteiger partial charge in [0.2, 0.25) is 11.8 Å². The molecule has 2 aliphatic heterocycles. The van der Waals surface area contributed by atoms with E-state index in [1.54, 1.807) is 23.1 Å². The first-order valence-corrected chi connectivity index (χ1v) is 15.0. The minimum Gasteiger partial charge on any atom is -0.493 e. The number of ether oxygens (including phenoxy) is 3. The Morgan fingerprint density at radius 1 is 1.02 bits per heavy atom. The Morgan fingerprint density at radius 3 is 2.76 bits per heavy atom. The SMILES string of the molecule is COc1ccc2cc1OCC(=O)N[C@@H]1CN(C(=O)Cn3ccc4ccccc43)CC[C@H]1Oc1cc(F)cc(c1)CNC(=O)CC2. The van der Waals surface area contributed by atoms with E-state index < -0.39 is 23.9 Å². The van der Waals surface area contributed by atoms with Gasteiger partial charge in [-0.25, -0.2) is 4.39 Å². The number of methoxy groups -OCH3 is 1. The van der Waals surface area contributed by atoms with E-state index in [1.165, 1.54) is 19.2 Å². The van der Waals surface area contributed by atoms with Crippen molar-refractivity contribution in [3.8, 4) is 17.2 Å². The molecular formula is C34H35FN4O6. The van der Waals surface area contributed by atoms with Crippen molar-refractivity contribution in [2.45, 2.75) is 44.5 Å². The maximum Gasteiger partial charge on any atom is 0.258 e. The summed E-state index contributed by atoms with van der Waals surface area (Å²) in [5, 5.41) is 6.88. The number of carbonyl (C=O) groups is 3. The highest BCUT2D eigenvalue weighted by Gasteiger charge is 2.34. The number of aryl methyl sites for hydroxylation is 1. The van der Waals surface area contributed by atoms with Gasteiger partial charge in [0.1, 0.15) is 24.2 Å². The zero-order chi connectivity index (χ0) is 31.3. The molecule has 4 bridgehead atoms. The molecule has 0 aliphatic carbocycles. The molecule has 0 saturated carbocycles. The summed E-state index contributed by atoms with van der Waals surface area (Å²) in [4.78, 5) is 41.0. The summed E-state index contributed by atoms with van der Waals surface area (Å²) >= 11 is 0. The Balaban J connectivity index is 1.24. The van der Waals surface area contributed by atoms with Crippen LogP contribution in [0.15, 0.2) is 72.9 Å². The number of nitrogens with zero attached hydrogens (tertiary/aromatic N) is 2. The lowest BCUT2D eigenvalue weighted by molar-refractivity contribution is -0.136. The number of rotatable bonds is 3. The average Bonchev–Trinajstić information content (AvgIpc) is 3.44. The lowest BCUT2D eigenvalue weighted by Crippen LogP contribution is -2.59. The smallest absolute Gasteiger partial charge is 0.258 e. The second-order valence-corrected chi connectivity index (χ2v) is 11.3. The molecule has 2 N–H and O–H groups in total. The molecule has 0 radical (unpaired) electrons. The standard InChI is InChI=1S/C34H35FN4O6/c1-43-30-8-6-22-7-9-32(40)36-18-23-14-25(35)17-26(15-23)45-29-11-13-39(19-27(29)37-33(41)21-44-31(30)16-22)34(42)20-38-12-10-24-4-2-3-5-28(24)38/h2-6,8,10,12,14-17,27,29H,7,9,11,13,18-21H2,1H3,(H,36,40)(H,37,41)/t27-,29-/m1/s1. The predicted molar refractivity (Wildman–Crippen MR) is 165 cm³/mol. The maximum absolute atomic E-state index is 14.6. The van der Waals surface area contributed by atoms with E-state index in [2.05, 4.69) is 10.6 Å². The number of amides is 3. The quantitative estimate of drug-likeness (QED) is 0.365. The topological polar surface area (TPSA) is 111 Å². The van der Waals surface area contributed by atoms with E-state index in [4.69, 9.17) is 14.2 Å². The molecule has 3 amide bonds. The Hall–Kier alpha value is -5.06. The molecule has 1 fully saturated rings. The van der Waals surface area contributed by atoms with Crippen molar-refractivity contribution < 1.29 is 33.0 Å². The van der Waals surface area contributed by atoms with Crippen molar-refractivity contribution >= 4 is 28.6 Å². The molecule has 0 spiro atoms. The fourth-order valence-electron chi connectivity index (χ4n) is 5.85. The summed E-state index contributed by atoms with van der Waals surface area (Å²) in [6.07, 6.45) is 2.39. The van der Waals surface area contributed by atoms with E-state index in [0.717, 1.165) is 16.5 Å². The number of piperidine rings is 1. The molecule has 10 nitrogen and oxygen atoms in total. The van der Waals surface area contributed by atoms with E-state index in [0.29, 0.717) is 36.4 Å². The molecule has 6 rings (SSSR count). The maximum atomic E-state index is 14.6. The van der Waals surface area contributed by atoms with E-state index in [-0.39, 0.29) is 50.2 Å². The van der Waals surface area contributed by atoms with Crippen molar-refractivity contribution in [3.63, 3.8) is 0 Å². The second-order valence-electron chi connectivity index (χ2n) is 11.3. The second kappa shape index (κ2) is 13.3. The zero-order valence-corrected chi connectivity index (χ0v) is 25.0. The summed E-state index contributed by atoms with van der Waals surface area (Å²) in [7, 11) is 1.51. The molecule has 4 aromatic rings. The number of benzene rings is 3. The molecule has 0 unspecified atom stereocenters. The highest BCUT2D eigenvalue weighted by Crippen LogP contribution is 2.29. The normalized spacial score (nSPS) is 19.2. The monoisotopic (exact) mass is 614 g/mol. The van der Waals surface area contributed by atoms with Crippen LogP contribution in [0.5, 0.6) is 17.2 Å². The number of halogens is 1. The molecule has 3 heterocycles. The van der Waals surface area contributed by atoms with E-state index >= 15 is 0 Å². The lowest BCUT2D eigenvalue weighted by atomic mass is 10.0. The third-order valence-electron chi connectivity index (χ3n) is 8.17. The first kappa shape index (κ1) is 30.0. The largest absolute Gasteiger partial charge is 0.493 e. The lowest BCUT2D eigenvalue weighted by Gasteiger charge is -2.39. The molecule has 11 heteroatoms. The number of carbonyl (C=O) groups excluding carboxylic acids is 3. The molecule has 2 aliphatic rings. The number of aromatic nitrogens is 1. The first-order valence-electron chi connectivity index (χ1n) is 15.0. The summed E-state index contributed by atoms with van der Waals surface area (Å²) in [6, 6.07) is 18.9. The summed E-state index contributed by atoms with van der Waals surface area (Å²) < 4.78 is 34.1. The molecule has 1 aromatic heterocycles. The van der Waals surface area contributed by atoms with Gasteiger partial charge in [-0.1, -0.05) is 24.3 Å². The van der Waals surface area contributed by atoms with Gasteiger partial charge in [-0.05, 0) is 59.3 Å². The van der Waals surface area contributed by atoms with Crippen molar-refractivity contribution in [2.24, 2.45) is 0 Å². The van der Waals surface area contributed by atoms with E-state index in [1.807, 2.05) is 47.2 Å². The molecular weight excluding hydrogens is 579 g/mol. The minimum atomic E-state index is -0.598. The number of likely N-dealkylation sites (tertiary alicyclic amines) is 1. The third-order valence-corrected chi connectivity index (χ3v) is 8.17. The van der Waals surface area contributed by atoms with Crippen LogP contribution >= 0.6 is 0 Å². The van der Waals surface area contributed by atoms with Crippen LogP contribution in [0, 0.1) is 5.82 Å². The van der Waals surface area contributed by atoms with Crippen molar-refractivity contribution in [2.75, 3.05) is 26.8 Å². The summed E-state index contributed by atoms with van der Waals surface area (Å²) in [5.74, 6) is -0.0807. The van der Waals surface area contributed by atoms with Gasteiger partial charge in [0.05, 0.1) is 13.2 Å².